The largest absolute Gasteiger partial charge is 0.381 e. The second kappa shape index (κ2) is 12.7. The third kappa shape index (κ3) is 8.83. The van der Waals surface area contributed by atoms with Gasteiger partial charge in [-0.05, 0) is 38.0 Å². The maximum Gasteiger partial charge on any atom is 0.190 e. The average Bonchev–Trinajstić information content (AvgIpc) is 3.17. The maximum atomic E-state index is 5.77. The van der Waals surface area contributed by atoms with Crippen LogP contribution in [0, 0.1) is 5.92 Å². The first-order chi connectivity index (χ1) is 12.4. The summed E-state index contributed by atoms with van der Waals surface area (Å²) in [6.45, 7) is 6.15. The lowest BCUT2D eigenvalue weighted by molar-refractivity contribution is 0.0203. The molecule has 2 rings (SSSR count). The minimum absolute atomic E-state index is 0.675. The molecule has 0 unspecified atom stereocenters. The van der Waals surface area contributed by atoms with Crippen LogP contribution in [-0.2, 0) is 16.0 Å². The first kappa shape index (κ1) is 19.7. The third-order valence-corrected chi connectivity index (χ3v) is 4.28. The van der Waals surface area contributed by atoms with Crippen LogP contribution in [-0.4, -0.2) is 67.3 Å². The molecule has 142 valence electrons. The van der Waals surface area contributed by atoms with E-state index in [-0.39, 0.29) is 0 Å². The van der Waals surface area contributed by atoms with Gasteiger partial charge in [0.25, 0.3) is 0 Å². The highest BCUT2D eigenvalue weighted by Crippen LogP contribution is 2.14. The van der Waals surface area contributed by atoms with Gasteiger partial charge in [-0.3, -0.25) is 4.99 Å². The summed E-state index contributed by atoms with van der Waals surface area (Å²) in [6.07, 6.45) is 8.90. The quantitative estimate of drug-likeness (QED) is 0.352. The van der Waals surface area contributed by atoms with E-state index < -0.39 is 0 Å². The Morgan fingerprint density at radius 2 is 1.88 bits per heavy atom. The van der Waals surface area contributed by atoms with Crippen molar-refractivity contribution in [3.8, 4) is 0 Å². The van der Waals surface area contributed by atoms with Crippen molar-refractivity contribution in [3.05, 3.63) is 12.7 Å². The van der Waals surface area contributed by atoms with E-state index in [2.05, 4.69) is 25.8 Å². The minimum Gasteiger partial charge on any atom is -0.381 e. The van der Waals surface area contributed by atoms with Gasteiger partial charge in [-0.1, -0.05) is 0 Å². The van der Waals surface area contributed by atoms with Crippen LogP contribution in [0.2, 0.25) is 0 Å². The molecule has 0 aliphatic carbocycles. The molecule has 8 nitrogen and oxygen atoms in total. The standard InChI is InChI=1S/C17H32N6O2/c1-18-17(19-7-2-3-9-23-14-21-22-15-23)20-8-4-10-25-13-16-5-11-24-12-6-16/h14-16H,2-13H2,1H3,(H2,18,19,20). The van der Waals surface area contributed by atoms with Gasteiger partial charge >= 0.3 is 0 Å². The zero-order chi connectivity index (χ0) is 17.6. The number of aromatic nitrogens is 3. The fraction of sp³-hybridized carbons (Fsp3) is 0.824. The van der Waals surface area contributed by atoms with E-state index in [1.54, 1.807) is 19.7 Å². The first-order valence-corrected chi connectivity index (χ1v) is 9.31. The molecule has 0 saturated carbocycles. The number of guanidine groups is 1. The smallest absolute Gasteiger partial charge is 0.190 e. The summed E-state index contributed by atoms with van der Waals surface area (Å²) in [5.74, 6) is 1.53. The van der Waals surface area contributed by atoms with Crippen molar-refractivity contribution >= 4 is 5.96 Å². The van der Waals surface area contributed by atoms with Crippen molar-refractivity contribution in [2.45, 2.75) is 38.6 Å². The SMILES string of the molecule is CN=C(NCCCCn1cnnc1)NCCCOCC1CCOCC1. The fourth-order valence-electron chi connectivity index (χ4n) is 2.73. The molecule has 1 aliphatic heterocycles. The highest BCUT2D eigenvalue weighted by Gasteiger charge is 2.13. The van der Waals surface area contributed by atoms with Crippen LogP contribution in [0.5, 0.6) is 0 Å². The second-order valence-corrected chi connectivity index (χ2v) is 6.32. The highest BCUT2D eigenvalue weighted by atomic mass is 16.5. The summed E-state index contributed by atoms with van der Waals surface area (Å²) < 4.78 is 13.1. The van der Waals surface area contributed by atoms with Crippen molar-refractivity contribution < 1.29 is 9.47 Å². The molecular weight excluding hydrogens is 320 g/mol. The lowest BCUT2D eigenvalue weighted by Crippen LogP contribution is -2.38. The molecule has 1 aromatic heterocycles. The van der Waals surface area contributed by atoms with Gasteiger partial charge in [-0.2, -0.15) is 0 Å². The maximum absolute atomic E-state index is 5.77. The molecule has 0 amide bonds. The van der Waals surface area contributed by atoms with Crippen molar-refractivity contribution in [3.63, 3.8) is 0 Å². The number of unbranched alkanes of at least 4 members (excludes halogenated alkanes) is 1. The van der Waals surface area contributed by atoms with Crippen LogP contribution in [0.4, 0.5) is 0 Å². The van der Waals surface area contributed by atoms with Gasteiger partial charge in [0.05, 0.1) is 0 Å². The van der Waals surface area contributed by atoms with Gasteiger partial charge in [-0.15, -0.1) is 10.2 Å². The fourth-order valence-corrected chi connectivity index (χ4v) is 2.73. The number of nitrogens with zero attached hydrogens (tertiary/aromatic N) is 4. The number of rotatable bonds is 11. The number of ether oxygens (including phenoxy) is 2. The Kier molecular flexibility index (Phi) is 9.95. The molecule has 0 spiro atoms. The molecule has 1 saturated heterocycles. The predicted molar refractivity (Wildman–Crippen MR) is 97.6 cm³/mol. The Bertz CT molecular complexity index is 460. The monoisotopic (exact) mass is 352 g/mol. The predicted octanol–water partition coefficient (Wildman–Crippen LogP) is 1.06. The van der Waals surface area contributed by atoms with E-state index in [1.807, 2.05) is 4.57 Å². The molecule has 1 aliphatic rings. The Balaban J connectivity index is 1.40. The first-order valence-electron chi connectivity index (χ1n) is 9.31. The Hall–Kier alpha value is -1.67. The summed E-state index contributed by atoms with van der Waals surface area (Å²) in [7, 11) is 1.80. The highest BCUT2D eigenvalue weighted by molar-refractivity contribution is 5.79. The van der Waals surface area contributed by atoms with E-state index in [4.69, 9.17) is 9.47 Å². The number of hydrogen-bond acceptors (Lipinski definition) is 5. The Labute approximate surface area is 150 Å². The zero-order valence-corrected chi connectivity index (χ0v) is 15.3. The van der Waals surface area contributed by atoms with Crippen LogP contribution in [0.1, 0.15) is 32.1 Å². The third-order valence-electron chi connectivity index (χ3n) is 4.28. The molecule has 0 aromatic carbocycles. The van der Waals surface area contributed by atoms with E-state index in [1.165, 1.54) is 0 Å². The van der Waals surface area contributed by atoms with Gasteiger partial charge in [0, 0.05) is 53.1 Å². The van der Waals surface area contributed by atoms with Crippen LogP contribution < -0.4 is 10.6 Å². The van der Waals surface area contributed by atoms with Crippen molar-refractivity contribution in [2.24, 2.45) is 10.9 Å². The van der Waals surface area contributed by atoms with Gasteiger partial charge < -0.3 is 24.7 Å². The van der Waals surface area contributed by atoms with Crippen molar-refractivity contribution in [1.29, 1.82) is 0 Å². The molecule has 1 aromatic rings. The van der Waals surface area contributed by atoms with Crippen LogP contribution in [0.15, 0.2) is 17.6 Å². The van der Waals surface area contributed by atoms with Gasteiger partial charge in [0.2, 0.25) is 0 Å². The van der Waals surface area contributed by atoms with E-state index in [0.717, 1.165) is 84.1 Å². The molecule has 1 fully saturated rings. The lowest BCUT2D eigenvalue weighted by Gasteiger charge is -2.21. The number of aryl methyl sites for hydroxylation is 1. The molecule has 0 radical (unpaired) electrons. The van der Waals surface area contributed by atoms with Crippen LogP contribution in [0.25, 0.3) is 0 Å². The summed E-state index contributed by atoms with van der Waals surface area (Å²) in [4.78, 5) is 4.24. The Morgan fingerprint density at radius 1 is 1.16 bits per heavy atom. The summed E-state index contributed by atoms with van der Waals surface area (Å²) >= 11 is 0. The number of hydrogen-bond donors (Lipinski definition) is 2. The Morgan fingerprint density at radius 3 is 2.60 bits per heavy atom. The molecule has 25 heavy (non-hydrogen) atoms. The summed E-state index contributed by atoms with van der Waals surface area (Å²) in [5, 5.41) is 14.3. The lowest BCUT2D eigenvalue weighted by atomic mass is 10.0. The van der Waals surface area contributed by atoms with E-state index in [9.17, 15) is 0 Å². The number of nitrogens with one attached hydrogen (secondary N) is 2. The van der Waals surface area contributed by atoms with E-state index >= 15 is 0 Å². The van der Waals surface area contributed by atoms with Crippen LogP contribution >= 0.6 is 0 Å². The molecule has 0 bridgehead atoms. The molecule has 0 atom stereocenters. The van der Waals surface area contributed by atoms with Crippen LogP contribution in [0.3, 0.4) is 0 Å². The summed E-state index contributed by atoms with van der Waals surface area (Å²) in [5.41, 5.74) is 0. The van der Waals surface area contributed by atoms with Gasteiger partial charge in [0.1, 0.15) is 12.7 Å². The zero-order valence-electron chi connectivity index (χ0n) is 15.3. The molecular formula is C17H32N6O2. The minimum atomic E-state index is 0.675. The normalized spacial score (nSPS) is 16.1. The van der Waals surface area contributed by atoms with Gasteiger partial charge in [-0.25, -0.2) is 0 Å². The van der Waals surface area contributed by atoms with Gasteiger partial charge in [0.15, 0.2) is 5.96 Å². The van der Waals surface area contributed by atoms with E-state index in [0.29, 0.717) is 5.92 Å². The molecule has 2 heterocycles. The average molecular weight is 352 g/mol. The molecule has 8 heteroatoms. The number of aliphatic imine (C=N–C) groups is 1. The summed E-state index contributed by atoms with van der Waals surface area (Å²) in [6, 6.07) is 0. The molecule has 2 N–H and O–H groups in total. The van der Waals surface area contributed by atoms with Crippen molar-refractivity contribution in [1.82, 2.24) is 25.4 Å². The topological polar surface area (TPSA) is 85.6 Å². The van der Waals surface area contributed by atoms with Crippen molar-refractivity contribution in [2.75, 3.05) is 46.6 Å². The second-order valence-electron chi connectivity index (χ2n) is 6.32.